The molecule has 0 saturated carbocycles. The van der Waals surface area contributed by atoms with Crippen LogP contribution < -0.4 is 0 Å². The second-order valence-corrected chi connectivity index (χ2v) is 8.56. The molecule has 1 aromatic carbocycles. The van der Waals surface area contributed by atoms with Crippen molar-refractivity contribution >= 4 is 22.2 Å². The number of benzene rings is 1. The van der Waals surface area contributed by atoms with Gasteiger partial charge in [0.05, 0.1) is 0 Å². The molecule has 1 aromatic rings. The molecule has 0 spiro atoms. The summed E-state index contributed by atoms with van der Waals surface area (Å²) >= 11 is 1.53. The summed E-state index contributed by atoms with van der Waals surface area (Å²) in [4.78, 5) is 0.241. The first-order valence-corrected chi connectivity index (χ1v) is 9.35. The number of hydrogen-bond donors (Lipinski definition) is 0. The standard InChI is InChI=1S/C13H17F5N2S2/c1-2-21-20-9-7-19(8-10-20)11-12-3-5-13(6-4-12)22(14,15,16,17)18/h2-6H,1,7-11H2. The van der Waals surface area contributed by atoms with Gasteiger partial charge in [0.1, 0.15) is 4.90 Å². The third kappa shape index (κ3) is 4.87. The van der Waals surface area contributed by atoms with Gasteiger partial charge in [0, 0.05) is 32.7 Å². The third-order valence-electron chi connectivity index (χ3n) is 3.33. The van der Waals surface area contributed by atoms with Crippen LogP contribution in [-0.2, 0) is 6.54 Å². The Morgan fingerprint density at radius 2 is 1.55 bits per heavy atom. The maximum absolute atomic E-state index is 12.6. The molecule has 126 valence electrons. The first kappa shape index (κ1) is 17.6. The predicted molar refractivity (Wildman–Crippen MR) is 82.5 cm³/mol. The van der Waals surface area contributed by atoms with E-state index in [0.29, 0.717) is 24.2 Å². The van der Waals surface area contributed by atoms with Crippen molar-refractivity contribution in [2.45, 2.75) is 11.4 Å². The molecule has 0 unspecified atom stereocenters. The molecular formula is C13H17F5N2S2. The van der Waals surface area contributed by atoms with Crippen LogP contribution in [0.5, 0.6) is 0 Å². The van der Waals surface area contributed by atoms with Crippen LogP contribution in [0.15, 0.2) is 41.1 Å². The summed E-state index contributed by atoms with van der Waals surface area (Å²) in [6.45, 7) is 7.27. The summed E-state index contributed by atoms with van der Waals surface area (Å²) in [5, 5.41) is 1.74. The van der Waals surface area contributed by atoms with Crippen molar-refractivity contribution in [1.82, 2.24) is 9.21 Å². The molecule has 22 heavy (non-hydrogen) atoms. The Labute approximate surface area is 130 Å². The van der Waals surface area contributed by atoms with Crippen LogP contribution in [-0.4, -0.2) is 35.4 Å². The van der Waals surface area contributed by atoms with E-state index in [1.165, 1.54) is 11.9 Å². The van der Waals surface area contributed by atoms with Gasteiger partial charge in [-0.25, -0.2) is 4.31 Å². The van der Waals surface area contributed by atoms with E-state index in [2.05, 4.69) is 15.8 Å². The van der Waals surface area contributed by atoms with Gasteiger partial charge in [-0.2, -0.15) is 0 Å². The maximum atomic E-state index is 12.6. The highest BCUT2D eigenvalue weighted by atomic mass is 32.5. The summed E-state index contributed by atoms with van der Waals surface area (Å²) in [5.41, 5.74) is 0.593. The molecule has 1 saturated heterocycles. The monoisotopic (exact) mass is 360 g/mol. The van der Waals surface area contributed by atoms with Crippen LogP contribution in [0.25, 0.3) is 0 Å². The van der Waals surface area contributed by atoms with Crippen molar-refractivity contribution in [3.63, 3.8) is 0 Å². The minimum atomic E-state index is -9.56. The second kappa shape index (κ2) is 5.40. The summed E-state index contributed by atoms with van der Waals surface area (Å²) < 4.78 is 65.3. The number of rotatable bonds is 5. The van der Waals surface area contributed by atoms with Gasteiger partial charge in [0.15, 0.2) is 0 Å². The first-order chi connectivity index (χ1) is 9.97. The Bertz CT molecular complexity index is 535. The van der Waals surface area contributed by atoms with Gasteiger partial charge in [-0.1, -0.05) is 50.1 Å². The van der Waals surface area contributed by atoms with E-state index >= 15 is 0 Å². The van der Waals surface area contributed by atoms with Crippen molar-refractivity contribution in [2.75, 3.05) is 26.2 Å². The molecule has 0 N–H and O–H groups in total. The quantitative estimate of drug-likeness (QED) is 0.523. The van der Waals surface area contributed by atoms with Crippen molar-refractivity contribution in [3.8, 4) is 0 Å². The van der Waals surface area contributed by atoms with E-state index in [9.17, 15) is 19.4 Å². The van der Waals surface area contributed by atoms with Crippen molar-refractivity contribution in [3.05, 3.63) is 41.8 Å². The van der Waals surface area contributed by atoms with Gasteiger partial charge in [-0.15, -0.1) is 0 Å². The van der Waals surface area contributed by atoms with Gasteiger partial charge in [0.2, 0.25) is 0 Å². The fourth-order valence-electron chi connectivity index (χ4n) is 2.21. The molecule has 0 atom stereocenters. The molecule has 0 radical (unpaired) electrons. The number of halogens is 5. The number of hydrogen-bond acceptors (Lipinski definition) is 3. The first-order valence-electron chi connectivity index (χ1n) is 6.56. The largest absolute Gasteiger partial charge is 0.310 e. The molecule has 9 heteroatoms. The lowest BCUT2D eigenvalue weighted by Crippen LogP contribution is -2.42. The highest BCUT2D eigenvalue weighted by molar-refractivity contribution is 8.45. The topological polar surface area (TPSA) is 6.48 Å². The van der Waals surface area contributed by atoms with Crippen LogP contribution in [0.3, 0.4) is 0 Å². The molecule has 1 heterocycles. The molecule has 0 amide bonds. The van der Waals surface area contributed by atoms with E-state index in [1.54, 1.807) is 5.41 Å². The predicted octanol–water partition coefficient (Wildman–Crippen LogP) is 5.25. The Morgan fingerprint density at radius 1 is 1.00 bits per heavy atom. The second-order valence-electron chi connectivity index (χ2n) is 5.09. The molecule has 0 aliphatic carbocycles. The Balaban J connectivity index is 1.97. The van der Waals surface area contributed by atoms with Gasteiger partial charge >= 0.3 is 10.2 Å². The van der Waals surface area contributed by atoms with E-state index in [-0.39, 0.29) is 0 Å². The lowest BCUT2D eigenvalue weighted by molar-refractivity contribution is 0.190. The van der Waals surface area contributed by atoms with Crippen LogP contribution in [0.4, 0.5) is 19.4 Å². The van der Waals surface area contributed by atoms with Gasteiger partial charge in [0.25, 0.3) is 0 Å². The minimum Gasteiger partial charge on any atom is -0.296 e. The average molecular weight is 360 g/mol. The van der Waals surface area contributed by atoms with Crippen LogP contribution in [0.2, 0.25) is 0 Å². The third-order valence-corrected chi connectivity index (χ3v) is 5.31. The van der Waals surface area contributed by atoms with Crippen molar-refractivity contribution in [1.29, 1.82) is 0 Å². The Morgan fingerprint density at radius 3 is 2.00 bits per heavy atom. The Hall–Kier alpha value is -0.770. The molecule has 1 fully saturated rings. The fourth-order valence-corrected chi connectivity index (χ4v) is 3.44. The molecular weight excluding hydrogens is 343 g/mol. The molecule has 1 aliphatic heterocycles. The van der Waals surface area contributed by atoms with Crippen LogP contribution >= 0.6 is 22.2 Å². The van der Waals surface area contributed by atoms with Gasteiger partial charge < -0.3 is 0 Å². The molecule has 0 bridgehead atoms. The lowest BCUT2D eigenvalue weighted by Gasteiger charge is -2.40. The Kier molecular flexibility index (Phi) is 4.31. The zero-order chi connectivity index (χ0) is 16.5. The summed E-state index contributed by atoms with van der Waals surface area (Å²) in [7, 11) is -9.56. The molecule has 1 aliphatic rings. The SMILES string of the molecule is C=CSN1CCN(Cc2ccc(S(F)(F)(F)(F)F)cc2)CC1. The molecule has 2 nitrogen and oxygen atoms in total. The molecule has 0 aromatic heterocycles. The lowest BCUT2D eigenvalue weighted by atomic mass is 10.2. The van der Waals surface area contributed by atoms with E-state index < -0.39 is 15.1 Å². The average Bonchev–Trinajstić information content (AvgIpc) is 2.39. The minimum absolute atomic E-state index is 0.452. The fraction of sp³-hybridized carbons (Fsp3) is 0.385. The number of piperazine rings is 1. The zero-order valence-corrected chi connectivity index (χ0v) is 13.4. The maximum Gasteiger partial charge on any atom is 0.310 e. The smallest absolute Gasteiger partial charge is 0.296 e. The summed E-state index contributed by atoms with van der Waals surface area (Å²) in [5.74, 6) is 0. The van der Waals surface area contributed by atoms with E-state index in [1.807, 2.05) is 0 Å². The highest BCUT2D eigenvalue weighted by Crippen LogP contribution is 3.02. The van der Waals surface area contributed by atoms with E-state index in [0.717, 1.165) is 38.3 Å². The summed E-state index contributed by atoms with van der Waals surface area (Å²) in [6, 6.07) is 3.19. The van der Waals surface area contributed by atoms with Crippen molar-refractivity contribution < 1.29 is 19.4 Å². The van der Waals surface area contributed by atoms with Crippen molar-refractivity contribution in [2.24, 2.45) is 0 Å². The van der Waals surface area contributed by atoms with Crippen LogP contribution in [0, 0.1) is 0 Å². The van der Waals surface area contributed by atoms with Gasteiger partial charge in [-0.3, -0.25) is 4.90 Å². The van der Waals surface area contributed by atoms with Crippen LogP contribution in [0.1, 0.15) is 5.56 Å². The summed E-state index contributed by atoms with van der Waals surface area (Å²) in [6.07, 6.45) is 0. The normalized spacial score (nSPS) is 21.1. The zero-order valence-electron chi connectivity index (χ0n) is 11.7. The number of nitrogens with zero attached hydrogens (tertiary/aromatic N) is 2. The highest BCUT2D eigenvalue weighted by Gasteiger charge is 2.65. The molecule has 2 rings (SSSR count). The van der Waals surface area contributed by atoms with E-state index in [4.69, 9.17) is 0 Å². The van der Waals surface area contributed by atoms with Gasteiger partial charge in [-0.05, 0) is 23.1 Å².